The van der Waals surface area contributed by atoms with Gasteiger partial charge in [0.2, 0.25) is 0 Å². The molecule has 0 aliphatic carbocycles. The van der Waals surface area contributed by atoms with Gasteiger partial charge in [-0.05, 0) is 42.0 Å². The number of hydrogen-bond acceptors (Lipinski definition) is 3. The van der Waals surface area contributed by atoms with E-state index in [-0.39, 0.29) is 5.82 Å². The van der Waals surface area contributed by atoms with Crippen molar-refractivity contribution in [2.24, 2.45) is 0 Å². The molecule has 0 aromatic heterocycles. The maximum absolute atomic E-state index is 13.0. The molecule has 0 fully saturated rings. The van der Waals surface area contributed by atoms with Gasteiger partial charge in [0, 0.05) is 28.7 Å². The molecule has 27 heavy (non-hydrogen) atoms. The minimum Gasteiger partial charge on any atom is -0.496 e. The van der Waals surface area contributed by atoms with E-state index in [4.69, 9.17) is 9.47 Å². The number of ether oxygens (including phenoxy) is 2. The van der Waals surface area contributed by atoms with Crippen LogP contribution < -0.4 is 14.8 Å². The van der Waals surface area contributed by atoms with Gasteiger partial charge in [-0.15, -0.1) is 0 Å². The number of para-hydroxylation sites is 1. The Morgan fingerprint density at radius 1 is 0.889 bits per heavy atom. The Balaban J connectivity index is 1.64. The van der Waals surface area contributed by atoms with Gasteiger partial charge in [-0.1, -0.05) is 46.3 Å². The van der Waals surface area contributed by atoms with Crippen LogP contribution in [-0.2, 0) is 19.7 Å². The SMILES string of the molecule is COc1ccccc1CNCc1cc(Br)ccc1OCc1ccc(F)cc1. The first-order chi connectivity index (χ1) is 13.2. The van der Waals surface area contributed by atoms with E-state index in [1.165, 1.54) is 12.1 Å². The molecule has 1 N–H and O–H groups in total. The highest BCUT2D eigenvalue weighted by molar-refractivity contribution is 9.10. The van der Waals surface area contributed by atoms with Crippen LogP contribution in [0.3, 0.4) is 0 Å². The minimum absolute atomic E-state index is 0.247. The molecule has 3 nitrogen and oxygen atoms in total. The van der Waals surface area contributed by atoms with Crippen LogP contribution in [-0.4, -0.2) is 7.11 Å². The fraction of sp³-hybridized carbons (Fsp3) is 0.182. The van der Waals surface area contributed by atoms with Crippen LogP contribution in [0, 0.1) is 5.82 Å². The van der Waals surface area contributed by atoms with Crippen LogP contribution in [0.5, 0.6) is 11.5 Å². The summed E-state index contributed by atoms with van der Waals surface area (Å²) in [5.41, 5.74) is 3.07. The molecule has 5 heteroatoms. The molecule has 0 radical (unpaired) electrons. The molecule has 0 atom stereocenters. The zero-order chi connectivity index (χ0) is 19.1. The van der Waals surface area contributed by atoms with Gasteiger partial charge in [0.1, 0.15) is 23.9 Å². The quantitative estimate of drug-likeness (QED) is 0.515. The third kappa shape index (κ3) is 5.55. The summed E-state index contributed by atoms with van der Waals surface area (Å²) in [6.07, 6.45) is 0. The van der Waals surface area contributed by atoms with E-state index in [1.54, 1.807) is 19.2 Å². The number of rotatable bonds is 8. The maximum Gasteiger partial charge on any atom is 0.124 e. The maximum atomic E-state index is 13.0. The largest absolute Gasteiger partial charge is 0.496 e. The molecule has 3 aromatic rings. The lowest BCUT2D eigenvalue weighted by atomic mass is 10.1. The number of hydrogen-bond donors (Lipinski definition) is 1. The second kappa shape index (κ2) is 9.53. The predicted octanol–water partition coefficient (Wildman–Crippen LogP) is 5.47. The highest BCUT2D eigenvalue weighted by Gasteiger charge is 2.07. The molecule has 3 rings (SSSR count). The van der Waals surface area contributed by atoms with Crippen LogP contribution in [0.2, 0.25) is 0 Å². The summed E-state index contributed by atoms with van der Waals surface area (Å²) in [6.45, 7) is 1.73. The number of methoxy groups -OCH3 is 1. The van der Waals surface area contributed by atoms with E-state index >= 15 is 0 Å². The molecule has 0 saturated carbocycles. The van der Waals surface area contributed by atoms with E-state index in [0.717, 1.165) is 32.7 Å². The van der Waals surface area contributed by atoms with Crippen LogP contribution in [0.4, 0.5) is 4.39 Å². The van der Waals surface area contributed by atoms with Crippen molar-refractivity contribution < 1.29 is 13.9 Å². The van der Waals surface area contributed by atoms with Crippen molar-refractivity contribution in [1.29, 1.82) is 0 Å². The molecule has 0 aliphatic rings. The topological polar surface area (TPSA) is 30.5 Å². The normalized spacial score (nSPS) is 10.6. The Hall–Kier alpha value is -2.37. The zero-order valence-corrected chi connectivity index (χ0v) is 16.6. The first kappa shape index (κ1) is 19.4. The number of benzene rings is 3. The summed E-state index contributed by atoms with van der Waals surface area (Å²) < 4.78 is 25.4. The second-order valence-electron chi connectivity index (χ2n) is 6.08. The average Bonchev–Trinajstić information content (AvgIpc) is 2.69. The van der Waals surface area contributed by atoms with Crippen molar-refractivity contribution in [2.75, 3.05) is 7.11 Å². The fourth-order valence-electron chi connectivity index (χ4n) is 2.75. The van der Waals surface area contributed by atoms with Gasteiger partial charge in [-0.2, -0.15) is 0 Å². The Labute approximate surface area is 167 Å². The third-order valence-corrected chi connectivity index (χ3v) is 4.65. The van der Waals surface area contributed by atoms with Crippen LogP contribution in [0.15, 0.2) is 71.2 Å². The molecular formula is C22H21BrFNO2. The first-order valence-electron chi connectivity index (χ1n) is 8.64. The summed E-state index contributed by atoms with van der Waals surface area (Å²) in [6, 6.07) is 20.2. The molecule has 0 amide bonds. The molecule has 0 saturated heterocycles. The zero-order valence-electron chi connectivity index (χ0n) is 15.0. The van der Waals surface area contributed by atoms with Crippen LogP contribution in [0.25, 0.3) is 0 Å². The second-order valence-corrected chi connectivity index (χ2v) is 7.00. The van der Waals surface area contributed by atoms with Crippen molar-refractivity contribution in [1.82, 2.24) is 5.32 Å². The fourth-order valence-corrected chi connectivity index (χ4v) is 3.16. The van der Waals surface area contributed by atoms with Gasteiger partial charge in [0.05, 0.1) is 7.11 Å². The Kier molecular flexibility index (Phi) is 6.85. The summed E-state index contributed by atoms with van der Waals surface area (Å²) >= 11 is 3.51. The average molecular weight is 430 g/mol. The summed E-state index contributed by atoms with van der Waals surface area (Å²) in [4.78, 5) is 0. The van der Waals surface area contributed by atoms with E-state index in [2.05, 4.69) is 21.2 Å². The van der Waals surface area contributed by atoms with E-state index in [1.807, 2.05) is 42.5 Å². The molecule has 0 aliphatic heterocycles. The lowest BCUT2D eigenvalue weighted by Gasteiger charge is -2.14. The van der Waals surface area contributed by atoms with Crippen molar-refractivity contribution in [2.45, 2.75) is 19.7 Å². The summed E-state index contributed by atoms with van der Waals surface area (Å²) in [5, 5.41) is 3.44. The molecule has 140 valence electrons. The lowest BCUT2D eigenvalue weighted by molar-refractivity contribution is 0.302. The van der Waals surface area contributed by atoms with Gasteiger partial charge >= 0.3 is 0 Å². The van der Waals surface area contributed by atoms with Crippen LogP contribution >= 0.6 is 15.9 Å². The first-order valence-corrected chi connectivity index (χ1v) is 9.43. The standard InChI is InChI=1S/C22H21BrFNO2/c1-26-21-5-3-2-4-17(21)13-25-14-18-12-19(23)8-11-22(18)27-15-16-6-9-20(24)10-7-16/h2-12,25H,13-15H2,1H3. The van der Waals surface area contributed by atoms with Gasteiger partial charge in [-0.3, -0.25) is 0 Å². The number of nitrogens with one attached hydrogen (secondary N) is 1. The lowest BCUT2D eigenvalue weighted by Crippen LogP contribution is -2.14. The summed E-state index contributed by atoms with van der Waals surface area (Å²) in [5.74, 6) is 1.42. The molecule has 0 bridgehead atoms. The predicted molar refractivity (Wildman–Crippen MR) is 108 cm³/mol. The van der Waals surface area contributed by atoms with E-state index < -0.39 is 0 Å². The van der Waals surface area contributed by atoms with Crippen molar-refractivity contribution in [3.8, 4) is 11.5 Å². The Bertz CT molecular complexity index is 884. The van der Waals surface area contributed by atoms with Crippen molar-refractivity contribution in [3.63, 3.8) is 0 Å². The molecule has 0 spiro atoms. The Morgan fingerprint density at radius 2 is 1.63 bits per heavy atom. The van der Waals surface area contributed by atoms with Crippen molar-refractivity contribution >= 4 is 15.9 Å². The van der Waals surface area contributed by atoms with Gasteiger partial charge in [0.15, 0.2) is 0 Å². The smallest absolute Gasteiger partial charge is 0.124 e. The van der Waals surface area contributed by atoms with Crippen molar-refractivity contribution in [3.05, 3.63) is 93.7 Å². The van der Waals surface area contributed by atoms with E-state index in [0.29, 0.717) is 19.7 Å². The third-order valence-electron chi connectivity index (χ3n) is 4.15. The minimum atomic E-state index is -0.247. The van der Waals surface area contributed by atoms with Gasteiger partial charge in [0.25, 0.3) is 0 Å². The van der Waals surface area contributed by atoms with Gasteiger partial charge < -0.3 is 14.8 Å². The highest BCUT2D eigenvalue weighted by Crippen LogP contribution is 2.25. The summed E-state index contributed by atoms with van der Waals surface area (Å²) in [7, 11) is 1.68. The Morgan fingerprint density at radius 3 is 2.41 bits per heavy atom. The number of halogens is 2. The molecular weight excluding hydrogens is 409 g/mol. The monoisotopic (exact) mass is 429 g/mol. The molecule has 0 heterocycles. The van der Waals surface area contributed by atoms with Crippen LogP contribution in [0.1, 0.15) is 16.7 Å². The molecule has 0 unspecified atom stereocenters. The van der Waals surface area contributed by atoms with Gasteiger partial charge in [-0.25, -0.2) is 4.39 Å². The van der Waals surface area contributed by atoms with E-state index in [9.17, 15) is 4.39 Å². The molecule has 3 aromatic carbocycles. The highest BCUT2D eigenvalue weighted by atomic mass is 79.9.